The SMILES string of the molecule is CCC(NC)C(=O)C1=NCC(c2ccccc2)=N1. The summed E-state index contributed by atoms with van der Waals surface area (Å²) in [6.07, 6.45) is 0.741. The molecule has 1 N–H and O–H groups in total. The van der Waals surface area contributed by atoms with E-state index >= 15 is 0 Å². The van der Waals surface area contributed by atoms with Crippen molar-refractivity contribution in [1.29, 1.82) is 0 Å². The molecule has 4 nitrogen and oxygen atoms in total. The van der Waals surface area contributed by atoms with Crippen LogP contribution in [-0.4, -0.2) is 37.0 Å². The van der Waals surface area contributed by atoms with Crippen LogP contribution >= 0.6 is 0 Å². The van der Waals surface area contributed by atoms with Crippen LogP contribution < -0.4 is 5.32 Å². The highest BCUT2D eigenvalue weighted by atomic mass is 16.1. The summed E-state index contributed by atoms with van der Waals surface area (Å²) in [6, 6.07) is 9.65. The molecular weight excluding hydrogens is 226 g/mol. The molecule has 0 aromatic heterocycles. The number of hydrogen-bond donors (Lipinski definition) is 1. The van der Waals surface area contributed by atoms with E-state index in [1.165, 1.54) is 0 Å². The summed E-state index contributed by atoms with van der Waals surface area (Å²) in [7, 11) is 1.78. The fourth-order valence-corrected chi connectivity index (χ4v) is 1.94. The van der Waals surface area contributed by atoms with E-state index in [4.69, 9.17) is 0 Å². The van der Waals surface area contributed by atoms with Crippen LogP contribution in [0.15, 0.2) is 40.3 Å². The highest BCUT2D eigenvalue weighted by Gasteiger charge is 2.23. The first kappa shape index (κ1) is 12.6. The minimum atomic E-state index is -0.192. The van der Waals surface area contributed by atoms with E-state index < -0.39 is 0 Å². The van der Waals surface area contributed by atoms with E-state index in [2.05, 4.69) is 15.3 Å². The third-order valence-corrected chi connectivity index (χ3v) is 3.02. The summed E-state index contributed by atoms with van der Waals surface area (Å²) >= 11 is 0. The van der Waals surface area contributed by atoms with Crippen molar-refractivity contribution in [3.8, 4) is 0 Å². The second-order valence-corrected chi connectivity index (χ2v) is 4.18. The van der Waals surface area contributed by atoms with E-state index in [-0.39, 0.29) is 11.8 Å². The first-order valence-corrected chi connectivity index (χ1v) is 6.15. The van der Waals surface area contributed by atoms with Crippen molar-refractivity contribution in [2.45, 2.75) is 19.4 Å². The molecule has 0 aliphatic carbocycles. The molecule has 0 bridgehead atoms. The molecule has 94 valence electrons. The normalized spacial score (nSPS) is 16.1. The molecule has 1 heterocycles. The van der Waals surface area contributed by atoms with E-state index in [0.29, 0.717) is 12.4 Å². The summed E-state index contributed by atoms with van der Waals surface area (Å²) in [6.45, 7) is 2.46. The van der Waals surface area contributed by atoms with Gasteiger partial charge in [0, 0.05) is 0 Å². The van der Waals surface area contributed by atoms with Gasteiger partial charge in [0.25, 0.3) is 0 Å². The molecule has 0 spiro atoms. The lowest BCUT2D eigenvalue weighted by molar-refractivity contribution is -0.114. The number of rotatable bonds is 5. The quantitative estimate of drug-likeness (QED) is 0.851. The Balaban J connectivity index is 2.15. The zero-order chi connectivity index (χ0) is 13.0. The second-order valence-electron chi connectivity index (χ2n) is 4.18. The molecule has 1 aromatic carbocycles. The van der Waals surface area contributed by atoms with Crippen molar-refractivity contribution < 1.29 is 4.79 Å². The first-order chi connectivity index (χ1) is 8.76. The Hall–Kier alpha value is -1.81. The molecule has 1 aliphatic rings. The topological polar surface area (TPSA) is 53.8 Å². The summed E-state index contributed by atoms with van der Waals surface area (Å²) in [5, 5.41) is 2.98. The van der Waals surface area contributed by atoms with Gasteiger partial charge in [0.1, 0.15) is 0 Å². The van der Waals surface area contributed by atoms with Gasteiger partial charge < -0.3 is 5.32 Å². The maximum atomic E-state index is 12.1. The van der Waals surface area contributed by atoms with Crippen molar-refractivity contribution in [3.05, 3.63) is 35.9 Å². The number of hydrogen-bond acceptors (Lipinski definition) is 4. The lowest BCUT2D eigenvalue weighted by Gasteiger charge is -2.10. The molecule has 1 unspecified atom stereocenters. The minimum absolute atomic E-state index is 0.0223. The molecule has 1 aromatic rings. The number of nitrogens with one attached hydrogen (secondary N) is 1. The van der Waals surface area contributed by atoms with Gasteiger partial charge in [-0.3, -0.25) is 9.79 Å². The van der Waals surface area contributed by atoms with Crippen molar-refractivity contribution in [1.82, 2.24) is 5.32 Å². The van der Waals surface area contributed by atoms with Gasteiger partial charge in [-0.2, -0.15) is 0 Å². The fourth-order valence-electron chi connectivity index (χ4n) is 1.94. The van der Waals surface area contributed by atoms with Gasteiger partial charge >= 0.3 is 0 Å². The Morgan fingerprint density at radius 3 is 2.72 bits per heavy atom. The molecule has 18 heavy (non-hydrogen) atoms. The van der Waals surface area contributed by atoms with Gasteiger partial charge in [0.2, 0.25) is 5.78 Å². The number of likely N-dealkylation sites (N-methyl/N-ethyl adjacent to an activating group) is 1. The van der Waals surface area contributed by atoms with Crippen LogP contribution in [0.4, 0.5) is 0 Å². The summed E-state index contributed by atoms with van der Waals surface area (Å²) in [5.41, 5.74) is 1.89. The molecular formula is C14H17N3O. The Bertz CT molecular complexity index is 487. The molecule has 0 fully saturated rings. The molecule has 1 aliphatic heterocycles. The molecule has 0 saturated heterocycles. The van der Waals surface area contributed by atoms with Crippen LogP contribution in [-0.2, 0) is 4.79 Å². The number of Topliss-reactive ketones (excluding diaryl/α,β-unsaturated/α-hetero) is 1. The van der Waals surface area contributed by atoms with Gasteiger partial charge in [0.15, 0.2) is 5.84 Å². The lowest BCUT2D eigenvalue weighted by atomic mass is 10.1. The van der Waals surface area contributed by atoms with Gasteiger partial charge in [-0.1, -0.05) is 37.3 Å². The lowest BCUT2D eigenvalue weighted by Crippen LogP contribution is -2.37. The predicted octanol–water partition coefficient (Wildman–Crippen LogP) is 1.45. The van der Waals surface area contributed by atoms with Gasteiger partial charge in [-0.25, -0.2) is 4.99 Å². The van der Waals surface area contributed by atoms with Crippen LogP contribution in [0.25, 0.3) is 0 Å². The zero-order valence-electron chi connectivity index (χ0n) is 10.7. The highest BCUT2D eigenvalue weighted by Crippen LogP contribution is 2.09. The van der Waals surface area contributed by atoms with Crippen molar-refractivity contribution in [2.24, 2.45) is 9.98 Å². The standard InChI is InChI=1S/C14H17N3O/c1-3-11(15-2)13(18)14-16-9-12(17-14)10-7-5-4-6-8-10/h4-8,11,15H,3,9H2,1-2H3. The Kier molecular flexibility index (Phi) is 3.99. The number of ketones is 1. The van der Waals surface area contributed by atoms with Crippen molar-refractivity contribution >= 4 is 17.3 Å². The van der Waals surface area contributed by atoms with Crippen LogP contribution in [0.3, 0.4) is 0 Å². The van der Waals surface area contributed by atoms with E-state index in [1.807, 2.05) is 37.3 Å². The average molecular weight is 243 g/mol. The molecule has 0 saturated carbocycles. The summed E-state index contributed by atoms with van der Waals surface area (Å²) in [4.78, 5) is 20.7. The second kappa shape index (κ2) is 5.69. The van der Waals surface area contributed by atoms with E-state index in [1.54, 1.807) is 7.05 Å². The molecule has 2 rings (SSSR count). The van der Waals surface area contributed by atoms with Crippen LogP contribution in [0.1, 0.15) is 18.9 Å². The summed E-state index contributed by atoms with van der Waals surface area (Å²) in [5.74, 6) is 0.320. The maximum absolute atomic E-state index is 12.1. The Morgan fingerprint density at radius 2 is 2.11 bits per heavy atom. The van der Waals surface area contributed by atoms with Crippen molar-refractivity contribution in [3.63, 3.8) is 0 Å². The van der Waals surface area contributed by atoms with Gasteiger partial charge in [0.05, 0.1) is 18.3 Å². The number of carbonyl (C=O) groups excluding carboxylic acids is 1. The number of amidine groups is 1. The maximum Gasteiger partial charge on any atom is 0.216 e. The number of carbonyl (C=O) groups is 1. The van der Waals surface area contributed by atoms with Crippen molar-refractivity contribution in [2.75, 3.05) is 13.6 Å². The third-order valence-electron chi connectivity index (χ3n) is 3.02. The third kappa shape index (κ3) is 2.54. The number of benzene rings is 1. The van der Waals surface area contributed by atoms with Crippen LogP contribution in [0, 0.1) is 0 Å². The molecule has 1 atom stereocenters. The highest BCUT2D eigenvalue weighted by molar-refractivity contribution is 6.44. The van der Waals surface area contributed by atoms with Crippen LogP contribution in [0.5, 0.6) is 0 Å². The van der Waals surface area contributed by atoms with E-state index in [9.17, 15) is 4.79 Å². The monoisotopic (exact) mass is 243 g/mol. The minimum Gasteiger partial charge on any atom is -0.310 e. The van der Waals surface area contributed by atoms with Crippen LogP contribution in [0.2, 0.25) is 0 Å². The Morgan fingerprint density at radius 1 is 1.39 bits per heavy atom. The zero-order valence-corrected chi connectivity index (χ0v) is 10.7. The van der Waals surface area contributed by atoms with Gasteiger partial charge in [-0.15, -0.1) is 0 Å². The molecule has 0 amide bonds. The fraction of sp³-hybridized carbons (Fsp3) is 0.357. The Labute approximate surface area is 107 Å². The molecule has 4 heteroatoms. The van der Waals surface area contributed by atoms with Gasteiger partial charge in [-0.05, 0) is 19.0 Å². The van der Waals surface area contributed by atoms with E-state index in [0.717, 1.165) is 17.7 Å². The number of nitrogens with zero attached hydrogens (tertiary/aromatic N) is 2. The average Bonchev–Trinajstić information content (AvgIpc) is 2.90. The smallest absolute Gasteiger partial charge is 0.216 e. The molecule has 0 radical (unpaired) electrons. The summed E-state index contributed by atoms with van der Waals surface area (Å²) < 4.78 is 0. The largest absolute Gasteiger partial charge is 0.310 e. The number of aliphatic imine (C=N–C) groups is 2. The predicted molar refractivity (Wildman–Crippen MR) is 73.4 cm³/mol. The first-order valence-electron chi connectivity index (χ1n) is 6.15.